The fourth-order valence-corrected chi connectivity index (χ4v) is 5.46. The van der Waals surface area contributed by atoms with Gasteiger partial charge in [-0.2, -0.15) is 18.2 Å². The van der Waals surface area contributed by atoms with Crippen LogP contribution in [0, 0.1) is 6.92 Å². The van der Waals surface area contributed by atoms with Crippen LogP contribution in [-0.4, -0.2) is 43.6 Å². The molecule has 0 atom stereocenters. The van der Waals surface area contributed by atoms with Crippen LogP contribution in [-0.2, 0) is 16.2 Å². The van der Waals surface area contributed by atoms with Gasteiger partial charge in [-0.05, 0) is 70.5 Å². The first-order valence-corrected chi connectivity index (χ1v) is 14.3. The normalized spacial score (nSPS) is 12.3. The highest BCUT2D eigenvalue weighted by molar-refractivity contribution is 7.89. The number of alkyl halides is 3. The van der Waals surface area contributed by atoms with Crippen LogP contribution in [0.5, 0.6) is 0 Å². The molecule has 0 fully saturated rings. The van der Waals surface area contributed by atoms with E-state index in [0.29, 0.717) is 36.6 Å². The summed E-state index contributed by atoms with van der Waals surface area (Å²) in [5, 5.41) is 5.93. The maximum atomic E-state index is 14.0. The van der Waals surface area contributed by atoms with Crippen LogP contribution in [0.1, 0.15) is 45.2 Å². The lowest BCUT2D eigenvalue weighted by atomic mass is 10.1. The van der Waals surface area contributed by atoms with E-state index in [1.165, 1.54) is 30.5 Å². The molecule has 0 spiro atoms. The number of aryl methyl sites for hydroxylation is 1. The molecular formula is C27H36F3N7O2S. The number of aromatic nitrogens is 2. The molecule has 40 heavy (non-hydrogen) atoms. The third-order valence-electron chi connectivity index (χ3n) is 5.61. The summed E-state index contributed by atoms with van der Waals surface area (Å²) < 4.78 is 70.1. The Morgan fingerprint density at radius 2 is 1.70 bits per heavy atom. The minimum atomic E-state index is -4.58. The van der Waals surface area contributed by atoms with Crippen molar-refractivity contribution in [3.63, 3.8) is 0 Å². The standard InChI is InChI=1S/C27H36F3N7O2S/c1-6-13-37(14-12-31)23-11-10-20(16-22(23)27(28,29)30)34-25-32-17-18(2)24(35-25)33-19-8-7-9-21(15-19)40(38,39)36-26(3,4)5/h7-11,15-17,36H,6,12-14,31H2,1-5H3,(H2,32,33,34,35). The Balaban J connectivity index is 1.89. The van der Waals surface area contributed by atoms with Crippen LogP contribution < -0.4 is 26.0 Å². The Hall–Kier alpha value is -3.42. The number of anilines is 5. The van der Waals surface area contributed by atoms with Crippen LogP contribution in [0.4, 0.5) is 42.0 Å². The Labute approximate surface area is 233 Å². The van der Waals surface area contributed by atoms with E-state index in [2.05, 4.69) is 25.3 Å². The van der Waals surface area contributed by atoms with E-state index < -0.39 is 27.3 Å². The number of nitrogens with two attached hydrogens (primary N) is 1. The van der Waals surface area contributed by atoms with Gasteiger partial charge in [-0.3, -0.25) is 0 Å². The van der Waals surface area contributed by atoms with Gasteiger partial charge in [0.05, 0.1) is 10.5 Å². The molecule has 0 aliphatic rings. The summed E-state index contributed by atoms with van der Waals surface area (Å²) in [6.07, 6.45) is -2.39. The summed E-state index contributed by atoms with van der Waals surface area (Å²) in [5.74, 6) is 0.431. The molecule has 0 aliphatic heterocycles. The van der Waals surface area contributed by atoms with Crippen molar-refractivity contribution in [3.8, 4) is 0 Å². The van der Waals surface area contributed by atoms with Crippen molar-refractivity contribution in [1.29, 1.82) is 0 Å². The minimum Gasteiger partial charge on any atom is -0.370 e. The van der Waals surface area contributed by atoms with Gasteiger partial charge in [-0.15, -0.1) is 0 Å². The fourth-order valence-electron chi connectivity index (χ4n) is 3.99. The van der Waals surface area contributed by atoms with Crippen LogP contribution in [0.3, 0.4) is 0 Å². The van der Waals surface area contributed by atoms with Gasteiger partial charge in [0.1, 0.15) is 5.82 Å². The van der Waals surface area contributed by atoms with E-state index >= 15 is 0 Å². The third-order valence-corrected chi connectivity index (χ3v) is 7.37. The second kappa shape index (κ2) is 12.4. The predicted octanol–water partition coefficient (Wildman–Crippen LogP) is 5.54. The molecule has 0 saturated heterocycles. The van der Waals surface area contributed by atoms with Gasteiger partial charge in [0, 0.05) is 54.0 Å². The third kappa shape index (κ3) is 8.29. The predicted molar refractivity (Wildman–Crippen MR) is 153 cm³/mol. The van der Waals surface area contributed by atoms with E-state index in [1.54, 1.807) is 44.7 Å². The van der Waals surface area contributed by atoms with E-state index in [4.69, 9.17) is 5.73 Å². The van der Waals surface area contributed by atoms with Crippen molar-refractivity contribution >= 4 is 38.9 Å². The molecule has 3 aromatic rings. The highest BCUT2D eigenvalue weighted by Gasteiger charge is 2.35. The van der Waals surface area contributed by atoms with Crippen LogP contribution in [0.25, 0.3) is 0 Å². The number of nitrogens with one attached hydrogen (secondary N) is 3. The summed E-state index contributed by atoms with van der Waals surface area (Å²) in [6.45, 7) is 9.86. The molecule has 1 aromatic heterocycles. The molecular weight excluding hydrogens is 543 g/mol. The van der Waals surface area contributed by atoms with E-state index in [-0.39, 0.29) is 28.8 Å². The van der Waals surface area contributed by atoms with Gasteiger partial charge < -0.3 is 21.3 Å². The van der Waals surface area contributed by atoms with Crippen LogP contribution in [0.15, 0.2) is 53.6 Å². The summed E-state index contributed by atoms with van der Waals surface area (Å²) >= 11 is 0. The Morgan fingerprint density at radius 3 is 2.33 bits per heavy atom. The number of rotatable bonds is 11. The lowest BCUT2D eigenvalue weighted by molar-refractivity contribution is -0.137. The van der Waals surface area contributed by atoms with Crippen molar-refractivity contribution in [3.05, 3.63) is 59.8 Å². The quantitative estimate of drug-likeness (QED) is 0.233. The van der Waals surface area contributed by atoms with E-state index in [1.807, 2.05) is 6.92 Å². The number of benzene rings is 2. The summed E-state index contributed by atoms with van der Waals surface area (Å²) in [7, 11) is -3.76. The first-order valence-electron chi connectivity index (χ1n) is 12.8. The summed E-state index contributed by atoms with van der Waals surface area (Å²) in [4.78, 5) is 10.3. The highest BCUT2D eigenvalue weighted by Crippen LogP contribution is 2.39. The topological polar surface area (TPSA) is 125 Å². The van der Waals surface area contributed by atoms with Gasteiger partial charge in [0.2, 0.25) is 16.0 Å². The van der Waals surface area contributed by atoms with Crippen molar-refractivity contribution in [1.82, 2.24) is 14.7 Å². The molecule has 5 N–H and O–H groups in total. The van der Waals surface area contributed by atoms with Crippen molar-refractivity contribution in [2.45, 2.75) is 57.7 Å². The zero-order valence-corrected chi connectivity index (χ0v) is 24.0. The lowest BCUT2D eigenvalue weighted by Gasteiger charge is -2.27. The molecule has 3 rings (SSSR count). The fraction of sp³-hybridized carbons (Fsp3) is 0.407. The Morgan fingerprint density at radius 1 is 1.00 bits per heavy atom. The number of hydrogen-bond donors (Lipinski definition) is 4. The molecule has 0 aliphatic carbocycles. The van der Waals surface area contributed by atoms with Crippen molar-refractivity contribution in [2.75, 3.05) is 35.2 Å². The number of sulfonamides is 1. The SMILES string of the molecule is CCCN(CCN)c1ccc(Nc2ncc(C)c(Nc3cccc(S(=O)(=O)NC(C)(C)C)c3)n2)cc1C(F)(F)F. The van der Waals surface area contributed by atoms with E-state index in [9.17, 15) is 21.6 Å². The molecule has 0 radical (unpaired) electrons. The highest BCUT2D eigenvalue weighted by atomic mass is 32.2. The Bertz CT molecular complexity index is 1420. The molecule has 0 unspecified atom stereocenters. The van der Waals surface area contributed by atoms with Gasteiger partial charge in [-0.25, -0.2) is 18.1 Å². The smallest absolute Gasteiger partial charge is 0.370 e. The minimum absolute atomic E-state index is 0.0633. The number of hydrogen-bond acceptors (Lipinski definition) is 8. The molecule has 218 valence electrons. The zero-order chi connectivity index (χ0) is 29.7. The molecule has 1 heterocycles. The zero-order valence-electron chi connectivity index (χ0n) is 23.2. The van der Waals surface area contributed by atoms with Gasteiger partial charge in [-0.1, -0.05) is 13.0 Å². The van der Waals surface area contributed by atoms with Crippen LogP contribution >= 0.6 is 0 Å². The average molecular weight is 580 g/mol. The first kappa shape index (κ1) is 31.1. The number of nitrogens with zero attached hydrogens (tertiary/aromatic N) is 3. The molecule has 0 saturated carbocycles. The molecule has 9 nitrogen and oxygen atoms in total. The van der Waals surface area contributed by atoms with Crippen molar-refractivity contribution in [2.24, 2.45) is 5.73 Å². The first-order chi connectivity index (χ1) is 18.6. The molecule has 0 bridgehead atoms. The van der Waals surface area contributed by atoms with Gasteiger partial charge >= 0.3 is 6.18 Å². The number of halogens is 3. The molecule has 2 aromatic carbocycles. The van der Waals surface area contributed by atoms with Crippen molar-refractivity contribution < 1.29 is 21.6 Å². The van der Waals surface area contributed by atoms with Gasteiger partial charge in [0.25, 0.3) is 0 Å². The van der Waals surface area contributed by atoms with E-state index in [0.717, 1.165) is 6.07 Å². The monoisotopic (exact) mass is 579 g/mol. The lowest BCUT2D eigenvalue weighted by Crippen LogP contribution is -2.40. The largest absolute Gasteiger partial charge is 0.418 e. The average Bonchev–Trinajstić information content (AvgIpc) is 2.84. The second-order valence-corrected chi connectivity index (χ2v) is 12.0. The molecule has 0 amide bonds. The van der Waals surface area contributed by atoms with Gasteiger partial charge in [0.15, 0.2) is 0 Å². The summed E-state index contributed by atoms with van der Waals surface area (Å²) in [5.41, 5.74) is 5.53. The summed E-state index contributed by atoms with van der Waals surface area (Å²) in [6, 6.07) is 10.2. The molecule has 13 heteroatoms. The maximum absolute atomic E-state index is 14.0. The second-order valence-electron chi connectivity index (χ2n) is 10.4. The Kier molecular flexibility index (Phi) is 9.64. The van der Waals surface area contributed by atoms with Crippen LogP contribution in [0.2, 0.25) is 0 Å². The maximum Gasteiger partial charge on any atom is 0.418 e.